The van der Waals surface area contributed by atoms with Crippen molar-refractivity contribution in [1.82, 2.24) is 20.5 Å². The van der Waals surface area contributed by atoms with Gasteiger partial charge in [-0.05, 0) is 38.1 Å². The van der Waals surface area contributed by atoms with Crippen molar-refractivity contribution in [2.45, 2.75) is 19.9 Å². The first kappa shape index (κ1) is 15.7. The molecule has 0 aliphatic heterocycles. The van der Waals surface area contributed by atoms with Gasteiger partial charge >= 0.3 is 6.03 Å². The summed E-state index contributed by atoms with van der Waals surface area (Å²) in [7, 11) is 0. The van der Waals surface area contributed by atoms with Crippen LogP contribution < -0.4 is 16.0 Å². The van der Waals surface area contributed by atoms with Gasteiger partial charge in [0.2, 0.25) is 0 Å². The minimum absolute atomic E-state index is 0.0535. The van der Waals surface area contributed by atoms with Gasteiger partial charge in [-0.15, -0.1) is 10.2 Å². The first-order valence-electron chi connectivity index (χ1n) is 7.64. The monoisotopic (exact) mass is 322 g/mol. The van der Waals surface area contributed by atoms with Crippen molar-refractivity contribution < 1.29 is 4.79 Å². The molecular weight excluding hydrogens is 304 g/mol. The minimum atomic E-state index is -0.307. The minimum Gasteiger partial charge on any atom is -0.337 e. The Morgan fingerprint density at radius 2 is 1.75 bits per heavy atom. The molecule has 0 spiro atoms. The van der Waals surface area contributed by atoms with Crippen LogP contribution in [0.1, 0.15) is 13.8 Å². The van der Waals surface area contributed by atoms with Gasteiger partial charge in [-0.2, -0.15) is 0 Å². The van der Waals surface area contributed by atoms with Crippen LogP contribution >= 0.6 is 0 Å². The number of nitrogens with zero attached hydrogens (tertiary/aromatic N) is 3. The van der Waals surface area contributed by atoms with Crippen LogP contribution in [0.4, 0.5) is 22.1 Å². The first-order valence-corrected chi connectivity index (χ1v) is 7.64. The van der Waals surface area contributed by atoms with Crippen molar-refractivity contribution in [3.8, 4) is 0 Å². The second-order valence-corrected chi connectivity index (χ2v) is 5.56. The van der Waals surface area contributed by atoms with Gasteiger partial charge in [0, 0.05) is 17.6 Å². The second-order valence-electron chi connectivity index (χ2n) is 5.56. The number of fused-ring (bicyclic) bond motifs is 1. The molecule has 24 heavy (non-hydrogen) atoms. The number of benzene rings is 1. The summed E-state index contributed by atoms with van der Waals surface area (Å²) in [6.07, 6.45) is 1.75. The second kappa shape index (κ2) is 6.91. The maximum atomic E-state index is 11.6. The Bertz CT molecular complexity index is 842. The average Bonchev–Trinajstić information content (AvgIpc) is 2.56. The topological polar surface area (TPSA) is 91.8 Å². The molecule has 0 unspecified atom stereocenters. The van der Waals surface area contributed by atoms with Crippen LogP contribution in [0.3, 0.4) is 0 Å². The normalized spacial score (nSPS) is 10.6. The van der Waals surface area contributed by atoms with Gasteiger partial charge in [0.1, 0.15) is 0 Å². The van der Waals surface area contributed by atoms with Crippen molar-refractivity contribution in [1.29, 1.82) is 0 Å². The number of hydrogen-bond donors (Lipinski definition) is 3. The molecule has 0 radical (unpaired) electrons. The Labute approximate surface area is 139 Å². The summed E-state index contributed by atoms with van der Waals surface area (Å²) in [6, 6.07) is 13.0. The maximum Gasteiger partial charge on any atom is 0.320 e. The number of anilines is 3. The van der Waals surface area contributed by atoms with Crippen LogP contribution in [0.2, 0.25) is 0 Å². The molecule has 3 N–H and O–H groups in total. The molecular formula is C17H18N6O. The number of carbonyl (C=O) groups is 1. The molecule has 7 nitrogen and oxygen atoms in total. The van der Waals surface area contributed by atoms with E-state index in [1.54, 1.807) is 18.3 Å². The third-order valence-corrected chi connectivity index (χ3v) is 3.22. The molecule has 0 aliphatic carbocycles. The predicted octanol–water partition coefficient (Wildman–Crippen LogP) is 3.30. The summed E-state index contributed by atoms with van der Waals surface area (Å²) < 4.78 is 0. The number of nitrogens with one attached hydrogen (secondary N) is 3. The molecule has 7 heteroatoms. The molecule has 1 aromatic carbocycles. The van der Waals surface area contributed by atoms with Gasteiger partial charge in [0.15, 0.2) is 11.6 Å². The third-order valence-electron chi connectivity index (χ3n) is 3.22. The number of urea groups is 1. The summed E-state index contributed by atoms with van der Waals surface area (Å²) in [4.78, 5) is 16.0. The van der Waals surface area contributed by atoms with Crippen molar-refractivity contribution >= 4 is 34.3 Å². The van der Waals surface area contributed by atoms with Gasteiger partial charge in [0.05, 0.1) is 11.2 Å². The Kier molecular flexibility index (Phi) is 4.51. The Hall–Kier alpha value is -3.22. The quantitative estimate of drug-likeness (QED) is 0.685. The zero-order valence-corrected chi connectivity index (χ0v) is 13.4. The number of carbonyl (C=O) groups excluding carboxylic acids is 1. The Morgan fingerprint density at radius 1 is 1.00 bits per heavy atom. The van der Waals surface area contributed by atoms with Gasteiger partial charge in [-0.1, -0.05) is 18.2 Å². The number of para-hydroxylation sites is 1. The van der Waals surface area contributed by atoms with Crippen LogP contribution in [0, 0.1) is 0 Å². The fourth-order valence-electron chi connectivity index (χ4n) is 2.22. The Morgan fingerprint density at radius 3 is 2.50 bits per heavy atom. The molecule has 0 bridgehead atoms. The fourth-order valence-corrected chi connectivity index (χ4v) is 2.22. The van der Waals surface area contributed by atoms with Gasteiger partial charge in [0.25, 0.3) is 0 Å². The van der Waals surface area contributed by atoms with Gasteiger partial charge in [-0.25, -0.2) is 4.79 Å². The van der Waals surface area contributed by atoms with E-state index >= 15 is 0 Å². The number of hydrogen-bond acceptors (Lipinski definition) is 5. The lowest BCUT2D eigenvalue weighted by atomic mass is 10.2. The van der Waals surface area contributed by atoms with Crippen LogP contribution in [-0.2, 0) is 0 Å². The Balaban J connectivity index is 1.73. The summed E-state index contributed by atoms with van der Waals surface area (Å²) in [5, 5.41) is 17.7. The molecule has 2 amide bonds. The van der Waals surface area contributed by atoms with Crippen LogP contribution in [0.25, 0.3) is 10.9 Å². The molecule has 0 aliphatic rings. The van der Waals surface area contributed by atoms with Crippen molar-refractivity contribution in [2.24, 2.45) is 0 Å². The highest BCUT2D eigenvalue weighted by atomic mass is 16.2. The van der Waals surface area contributed by atoms with E-state index in [2.05, 4.69) is 31.1 Å². The fraction of sp³-hybridized carbons (Fsp3) is 0.176. The van der Waals surface area contributed by atoms with Crippen molar-refractivity contribution in [3.63, 3.8) is 0 Å². The third kappa shape index (κ3) is 3.75. The highest BCUT2D eigenvalue weighted by Gasteiger charge is 2.06. The highest BCUT2D eigenvalue weighted by molar-refractivity contribution is 5.91. The van der Waals surface area contributed by atoms with Crippen molar-refractivity contribution in [2.75, 3.05) is 10.6 Å². The lowest BCUT2D eigenvalue weighted by molar-refractivity contribution is 0.250. The predicted molar refractivity (Wildman–Crippen MR) is 94.3 cm³/mol. The van der Waals surface area contributed by atoms with E-state index in [1.165, 1.54) is 0 Å². The molecule has 0 saturated carbocycles. The number of aromatic nitrogens is 3. The summed E-state index contributed by atoms with van der Waals surface area (Å²) in [6.45, 7) is 3.77. The highest BCUT2D eigenvalue weighted by Crippen LogP contribution is 2.23. The zero-order valence-electron chi connectivity index (χ0n) is 13.4. The molecule has 3 rings (SSSR count). The van der Waals surface area contributed by atoms with Crippen LogP contribution in [0.5, 0.6) is 0 Å². The van der Waals surface area contributed by atoms with Gasteiger partial charge < -0.3 is 10.6 Å². The number of pyridine rings is 1. The summed E-state index contributed by atoms with van der Waals surface area (Å²) in [5.74, 6) is 0.956. The zero-order chi connectivity index (χ0) is 16.9. The van der Waals surface area contributed by atoms with E-state index in [0.717, 1.165) is 16.6 Å². The van der Waals surface area contributed by atoms with Crippen molar-refractivity contribution in [3.05, 3.63) is 48.7 Å². The lowest BCUT2D eigenvalue weighted by Crippen LogP contribution is -2.34. The lowest BCUT2D eigenvalue weighted by Gasteiger charge is -2.10. The summed E-state index contributed by atoms with van der Waals surface area (Å²) in [5.41, 5.74) is 1.71. The molecule has 3 aromatic rings. The molecule has 0 saturated heterocycles. The SMILES string of the molecule is CC(C)NC(=O)Nc1ccc(Nc2cccc3cccnc23)nn1. The average molecular weight is 322 g/mol. The van der Waals surface area contributed by atoms with E-state index in [9.17, 15) is 4.79 Å². The molecule has 2 heterocycles. The molecule has 0 fully saturated rings. The number of rotatable bonds is 4. The van der Waals surface area contributed by atoms with E-state index in [4.69, 9.17) is 0 Å². The first-order chi connectivity index (χ1) is 11.6. The number of amides is 2. The van der Waals surface area contributed by atoms with Crippen LogP contribution in [0.15, 0.2) is 48.7 Å². The molecule has 122 valence electrons. The molecule has 2 aromatic heterocycles. The van der Waals surface area contributed by atoms with Gasteiger partial charge in [-0.3, -0.25) is 10.3 Å². The summed E-state index contributed by atoms with van der Waals surface area (Å²) >= 11 is 0. The van der Waals surface area contributed by atoms with E-state index in [-0.39, 0.29) is 12.1 Å². The largest absolute Gasteiger partial charge is 0.337 e. The standard InChI is InChI=1S/C17H18N6O/c1-11(2)19-17(24)21-15-9-8-14(22-23-15)20-13-7-3-5-12-6-4-10-18-16(12)13/h3-11H,1-2H3,(H,20,22)(H2,19,21,23,24). The smallest absolute Gasteiger partial charge is 0.320 e. The maximum absolute atomic E-state index is 11.6. The van der Waals surface area contributed by atoms with E-state index in [1.807, 2.05) is 44.2 Å². The van der Waals surface area contributed by atoms with E-state index in [0.29, 0.717) is 11.6 Å². The van der Waals surface area contributed by atoms with Crippen LogP contribution in [-0.4, -0.2) is 27.3 Å². The molecule has 0 atom stereocenters. The van der Waals surface area contributed by atoms with E-state index < -0.39 is 0 Å².